The van der Waals surface area contributed by atoms with Crippen LogP contribution in [0, 0.1) is 5.82 Å². The minimum absolute atomic E-state index is 0.260. The Bertz CT molecular complexity index is 458. The number of halogens is 2. The third-order valence-corrected chi connectivity index (χ3v) is 3.79. The highest BCUT2D eigenvalue weighted by Gasteiger charge is 2.47. The quantitative estimate of drug-likeness (QED) is 0.612. The molecule has 1 fully saturated rings. The van der Waals surface area contributed by atoms with Gasteiger partial charge < -0.3 is 4.74 Å². The number of hydrogen-bond donors (Lipinski definition) is 0. The van der Waals surface area contributed by atoms with E-state index in [1.165, 1.54) is 12.1 Å². The summed E-state index contributed by atoms with van der Waals surface area (Å²) in [5, 5.41) is 0.276. The van der Waals surface area contributed by atoms with E-state index in [4.69, 9.17) is 16.3 Å². The smallest absolute Gasteiger partial charge is 0.321 e. The first-order valence-corrected chi connectivity index (χ1v) is 6.26. The Morgan fingerprint density at radius 2 is 2.11 bits per heavy atom. The van der Waals surface area contributed by atoms with E-state index in [-0.39, 0.29) is 10.6 Å². The van der Waals surface area contributed by atoms with Crippen LogP contribution in [0.1, 0.15) is 31.2 Å². The molecule has 96 valence electrons. The summed E-state index contributed by atoms with van der Waals surface area (Å²) in [4.78, 5) is 12.2. The van der Waals surface area contributed by atoms with Crippen LogP contribution < -0.4 is 0 Å². The summed E-state index contributed by atoms with van der Waals surface area (Å²) >= 11 is 6.07. The van der Waals surface area contributed by atoms with Gasteiger partial charge in [0.15, 0.2) is 0 Å². The van der Waals surface area contributed by atoms with Crippen LogP contribution in [0.5, 0.6) is 0 Å². The van der Waals surface area contributed by atoms with E-state index in [1.807, 2.05) is 0 Å². The highest BCUT2D eigenvalue weighted by molar-refractivity contribution is 6.31. The van der Waals surface area contributed by atoms with Crippen molar-refractivity contribution in [3.63, 3.8) is 0 Å². The average molecular weight is 269 g/mol. The van der Waals surface area contributed by atoms with Crippen molar-refractivity contribution in [2.24, 2.45) is 0 Å². The molecule has 0 heterocycles. The minimum atomic E-state index is -0.962. The average Bonchev–Trinajstić information content (AvgIpc) is 2.79. The van der Waals surface area contributed by atoms with Crippen molar-refractivity contribution in [1.82, 2.24) is 0 Å². The van der Waals surface area contributed by atoms with Crippen LogP contribution in [0.2, 0.25) is 5.02 Å². The number of hydrogen-bond acceptors (Lipinski definition) is 2. The van der Waals surface area contributed by atoms with Gasteiger partial charge in [-0.15, -0.1) is 0 Å². The third kappa shape index (κ3) is 2.03. The fourth-order valence-corrected chi connectivity index (χ4v) is 3.02. The van der Waals surface area contributed by atoms with Gasteiger partial charge in [0.2, 0.25) is 0 Å². The van der Waals surface area contributed by atoms with E-state index in [0.717, 1.165) is 19.1 Å². The number of carbonyl (C=O) groups excluding carboxylic acids is 1. The van der Waals surface area contributed by atoms with Crippen LogP contribution in [0.3, 0.4) is 0 Å². The lowest BCUT2D eigenvalue weighted by atomic mass is 9.78. The Morgan fingerprint density at radius 1 is 1.44 bits per heavy atom. The van der Waals surface area contributed by atoms with Gasteiger partial charge >= 0.3 is 5.97 Å². The van der Waals surface area contributed by atoms with Gasteiger partial charge in [-0.25, -0.2) is 4.39 Å². The molecule has 0 aliphatic heterocycles. The van der Waals surface area contributed by atoms with Gasteiger partial charge in [0.1, 0.15) is 5.82 Å². The fourth-order valence-electron chi connectivity index (χ4n) is 2.68. The number of carbonyl (C=O) groups is 1. The second-order valence-electron chi connectivity index (χ2n) is 4.46. The fraction of sp³-hybridized carbons (Fsp3) is 0.357. The lowest BCUT2D eigenvalue weighted by Crippen LogP contribution is -2.35. The van der Waals surface area contributed by atoms with Crippen molar-refractivity contribution in [3.8, 4) is 0 Å². The van der Waals surface area contributed by atoms with Gasteiger partial charge in [-0.3, -0.25) is 4.79 Å². The van der Waals surface area contributed by atoms with Gasteiger partial charge in [-0.2, -0.15) is 0 Å². The minimum Gasteiger partial charge on any atom is -0.434 e. The molecule has 0 amide bonds. The second kappa shape index (κ2) is 5.11. The second-order valence-corrected chi connectivity index (χ2v) is 4.87. The molecule has 0 atom stereocenters. The summed E-state index contributed by atoms with van der Waals surface area (Å²) in [7, 11) is 0. The molecule has 4 heteroatoms. The van der Waals surface area contributed by atoms with Crippen LogP contribution in [-0.4, -0.2) is 5.97 Å². The van der Waals surface area contributed by atoms with Crippen molar-refractivity contribution in [2.75, 3.05) is 0 Å². The molecule has 0 aromatic heterocycles. The summed E-state index contributed by atoms with van der Waals surface area (Å²) in [6, 6.07) is 4.45. The van der Waals surface area contributed by atoms with Crippen LogP contribution in [0.25, 0.3) is 0 Å². The van der Waals surface area contributed by atoms with Crippen LogP contribution >= 0.6 is 11.6 Å². The van der Waals surface area contributed by atoms with E-state index in [1.54, 1.807) is 6.07 Å². The van der Waals surface area contributed by atoms with Gasteiger partial charge in [-0.05, 0) is 25.0 Å². The molecule has 0 unspecified atom stereocenters. The molecule has 1 aliphatic carbocycles. The van der Waals surface area contributed by atoms with Crippen LogP contribution in [-0.2, 0) is 14.9 Å². The van der Waals surface area contributed by atoms with Crippen molar-refractivity contribution in [1.29, 1.82) is 0 Å². The first-order valence-electron chi connectivity index (χ1n) is 5.88. The number of ether oxygens (including phenoxy) is 1. The van der Waals surface area contributed by atoms with Crippen molar-refractivity contribution < 1.29 is 13.9 Å². The zero-order valence-electron chi connectivity index (χ0n) is 9.92. The zero-order valence-corrected chi connectivity index (χ0v) is 10.7. The maximum absolute atomic E-state index is 14.0. The molecular weight excluding hydrogens is 255 g/mol. The molecule has 0 radical (unpaired) electrons. The van der Waals surface area contributed by atoms with Gasteiger partial charge in [0, 0.05) is 10.6 Å². The van der Waals surface area contributed by atoms with Crippen LogP contribution in [0.15, 0.2) is 31.0 Å². The molecule has 1 aromatic rings. The Hall–Kier alpha value is -1.35. The normalized spacial score (nSPS) is 17.4. The van der Waals surface area contributed by atoms with E-state index in [0.29, 0.717) is 12.8 Å². The molecule has 0 spiro atoms. The maximum atomic E-state index is 14.0. The molecule has 0 N–H and O–H groups in total. The van der Waals surface area contributed by atoms with Gasteiger partial charge in [-0.1, -0.05) is 37.1 Å². The highest BCUT2D eigenvalue weighted by atomic mass is 35.5. The molecule has 2 nitrogen and oxygen atoms in total. The van der Waals surface area contributed by atoms with Crippen molar-refractivity contribution >= 4 is 17.6 Å². The largest absolute Gasteiger partial charge is 0.434 e. The Morgan fingerprint density at radius 3 is 2.67 bits per heavy atom. The topological polar surface area (TPSA) is 26.3 Å². The van der Waals surface area contributed by atoms with Crippen LogP contribution in [0.4, 0.5) is 4.39 Å². The monoisotopic (exact) mass is 268 g/mol. The Labute approximate surface area is 110 Å². The summed E-state index contributed by atoms with van der Waals surface area (Å²) < 4.78 is 18.9. The van der Waals surface area contributed by atoms with Gasteiger partial charge in [0.05, 0.1) is 11.7 Å². The van der Waals surface area contributed by atoms with E-state index in [9.17, 15) is 9.18 Å². The summed E-state index contributed by atoms with van der Waals surface area (Å²) in [5.74, 6) is -0.924. The Balaban J connectivity index is 2.54. The molecule has 2 rings (SSSR count). The molecule has 1 saturated carbocycles. The third-order valence-electron chi connectivity index (χ3n) is 3.48. The number of esters is 1. The molecule has 1 aliphatic rings. The lowest BCUT2D eigenvalue weighted by Gasteiger charge is -2.27. The molecular formula is C14H14ClFO2. The highest BCUT2D eigenvalue weighted by Crippen LogP contribution is 2.45. The standard InChI is InChI=1S/C14H14ClFO2/c1-2-18-13(17)14(8-3-4-9-14)12-10(15)6-5-7-11(12)16/h2,5-7H,1,3-4,8-9H2. The first kappa shape index (κ1) is 13.1. The predicted molar refractivity (Wildman–Crippen MR) is 67.8 cm³/mol. The summed E-state index contributed by atoms with van der Waals surface area (Å²) in [5.41, 5.74) is -0.701. The predicted octanol–water partition coefficient (Wildman–Crippen LogP) is 3.98. The summed E-state index contributed by atoms with van der Waals surface area (Å²) in [6.45, 7) is 3.37. The van der Waals surface area contributed by atoms with Crippen molar-refractivity contribution in [2.45, 2.75) is 31.1 Å². The molecule has 1 aromatic carbocycles. The molecule has 0 saturated heterocycles. The van der Waals surface area contributed by atoms with E-state index < -0.39 is 17.2 Å². The number of rotatable bonds is 3. The van der Waals surface area contributed by atoms with Gasteiger partial charge in [0.25, 0.3) is 0 Å². The number of benzene rings is 1. The zero-order chi connectivity index (χ0) is 13.2. The van der Waals surface area contributed by atoms with Crippen molar-refractivity contribution in [3.05, 3.63) is 47.4 Å². The van der Waals surface area contributed by atoms with E-state index >= 15 is 0 Å². The summed E-state index contributed by atoms with van der Waals surface area (Å²) in [6.07, 6.45) is 3.91. The first-order chi connectivity index (χ1) is 8.62. The molecule has 18 heavy (non-hydrogen) atoms. The van der Waals surface area contributed by atoms with E-state index in [2.05, 4.69) is 6.58 Å². The Kier molecular flexibility index (Phi) is 3.71. The molecule has 0 bridgehead atoms. The SMILES string of the molecule is C=COC(=O)C1(c2c(F)cccc2Cl)CCCC1. The maximum Gasteiger partial charge on any atom is 0.321 e. The lowest BCUT2D eigenvalue weighted by molar-refractivity contribution is -0.144.